The molecule has 1 aromatic rings. The molecule has 0 unspecified atom stereocenters. The molecule has 126 valence electrons. The fraction of sp³-hybridized carbons (Fsp3) is 0.294. The van der Waals surface area contributed by atoms with E-state index >= 15 is 0 Å². The van der Waals surface area contributed by atoms with Crippen molar-refractivity contribution in [2.45, 2.75) is 19.8 Å². The van der Waals surface area contributed by atoms with Gasteiger partial charge in [-0.15, -0.1) is 0 Å². The highest BCUT2D eigenvalue weighted by atomic mass is 16.5. The molecule has 7 nitrogen and oxygen atoms in total. The highest BCUT2D eigenvalue weighted by molar-refractivity contribution is 6.05. The fourth-order valence-corrected chi connectivity index (χ4v) is 2.19. The summed E-state index contributed by atoms with van der Waals surface area (Å²) in [5.74, 6) is -2.33. The molecule has 0 spiro atoms. The average molecular weight is 331 g/mol. The topological polar surface area (TPSA) is 98.8 Å². The van der Waals surface area contributed by atoms with Crippen molar-refractivity contribution in [3.63, 3.8) is 0 Å². The van der Waals surface area contributed by atoms with Gasteiger partial charge >= 0.3 is 11.9 Å². The maximum atomic E-state index is 12.1. The summed E-state index contributed by atoms with van der Waals surface area (Å²) in [6.45, 7) is 3.13. The summed E-state index contributed by atoms with van der Waals surface area (Å²) in [5, 5.41) is 2.71. The van der Waals surface area contributed by atoms with Gasteiger partial charge in [0, 0.05) is 23.4 Å². The fourth-order valence-electron chi connectivity index (χ4n) is 2.19. The third-order valence-electron chi connectivity index (χ3n) is 3.48. The molecule has 0 radical (unpaired) electrons. The van der Waals surface area contributed by atoms with Gasteiger partial charge in [0.1, 0.15) is 0 Å². The molecule has 0 saturated carbocycles. The lowest BCUT2D eigenvalue weighted by Gasteiger charge is -2.05. The Hall–Kier alpha value is -2.96. The first-order valence-electron chi connectivity index (χ1n) is 7.42. The van der Waals surface area contributed by atoms with Crippen LogP contribution in [0.4, 0.5) is 5.69 Å². The Labute approximate surface area is 138 Å². The molecule has 2 rings (SSSR count). The van der Waals surface area contributed by atoms with E-state index in [4.69, 9.17) is 4.74 Å². The number of nitrogens with one attached hydrogen (secondary N) is 1. The molecule has 24 heavy (non-hydrogen) atoms. The van der Waals surface area contributed by atoms with Crippen molar-refractivity contribution >= 4 is 29.3 Å². The minimum Gasteiger partial charge on any atom is -0.463 e. The number of ketones is 1. The number of amides is 1. The third-order valence-corrected chi connectivity index (χ3v) is 3.48. The number of anilines is 1. The Bertz CT molecular complexity index is 722. The van der Waals surface area contributed by atoms with Crippen LogP contribution in [0.25, 0.3) is 0 Å². The molecule has 1 N–H and O–H groups in total. The first-order valence-corrected chi connectivity index (χ1v) is 7.42. The van der Waals surface area contributed by atoms with E-state index in [1.54, 1.807) is 32.0 Å². The smallest absolute Gasteiger partial charge is 0.331 e. The quantitative estimate of drug-likeness (QED) is 0.483. The lowest BCUT2D eigenvalue weighted by atomic mass is 9.99. The number of esters is 2. The van der Waals surface area contributed by atoms with E-state index < -0.39 is 24.3 Å². The SMILES string of the molecule is CCOC(=O)/C=C/C(=O)OCC(=O)c1ccc2c(c1)[C@@H](C)C(=O)N2. The third kappa shape index (κ3) is 4.07. The average Bonchev–Trinajstić information content (AvgIpc) is 2.85. The molecule has 1 aliphatic rings. The van der Waals surface area contributed by atoms with E-state index in [-0.39, 0.29) is 18.4 Å². The van der Waals surface area contributed by atoms with Crippen LogP contribution >= 0.6 is 0 Å². The van der Waals surface area contributed by atoms with E-state index in [1.165, 1.54) is 0 Å². The van der Waals surface area contributed by atoms with Crippen molar-refractivity contribution in [1.82, 2.24) is 0 Å². The van der Waals surface area contributed by atoms with E-state index in [0.29, 0.717) is 11.3 Å². The Kier molecular flexibility index (Phi) is 5.47. The van der Waals surface area contributed by atoms with Crippen molar-refractivity contribution in [1.29, 1.82) is 0 Å². The van der Waals surface area contributed by atoms with E-state index in [0.717, 1.165) is 17.7 Å². The van der Waals surface area contributed by atoms with Crippen molar-refractivity contribution in [3.05, 3.63) is 41.5 Å². The maximum Gasteiger partial charge on any atom is 0.331 e. The zero-order valence-corrected chi connectivity index (χ0v) is 13.3. The number of hydrogen-bond donors (Lipinski definition) is 1. The van der Waals surface area contributed by atoms with Crippen LogP contribution in [0.1, 0.15) is 35.7 Å². The molecule has 1 amide bonds. The summed E-state index contributed by atoms with van der Waals surface area (Å²) >= 11 is 0. The number of fused-ring (bicyclic) bond motifs is 1. The standard InChI is InChI=1S/C17H17NO6/c1-3-23-15(20)6-7-16(21)24-9-14(19)11-4-5-13-12(8-11)10(2)17(22)18-13/h4-8,10H,3,9H2,1-2H3,(H,18,22)/b7-6+/t10-/m1/s1. The molecule has 0 fully saturated rings. The molecule has 1 heterocycles. The minimum atomic E-state index is -0.817. The summed E-state index contributed by atoms with van der Waals surface area (Å²) in [7, 11) is 0. The molecule has 1 aromatic carbocycles. The van der Waals surface area contributed by atoms with Gasteiger partial charge in [-0.25, -0.2) is 9.59 Å². The molecular formula is C17H17NO6. The molecular weight excluding hydrogens is 314 g/mol. The zero-order valence-electron chi connectivity index (χ0n) is 13.3. The lowest BCUT2D eigenvalue weighted by Crippen LogP contribution is -2.13. The van der Waals surface area contributed by atoms with Crippen molar-refractivity contribution in [2.75, 3.05) is 18.5 Å². The highest BCUT2D eigenvalue weighted by Gasteiger charge is 2.27. The number of Topliss-reactive ketones (excluding diaryl/α,β-unsaturated/α-hetero) is 1. The summed E-state index contributed by atoms with van der Waals surface area (Å²) < 4.78 is 9.40. The normalized spacial score (nSPS) is 15.8. The first-order chi connectivity index (χ1) is 11.4. The lowest BCUT2D eigenvalue weighted by molar-refractivity contribution is -0.139. The second kappa shape index (κ2) is 7.54. The Balaban J connectivity index is 1.93. The van der Waals surface area contributed by atoms with Gasteiger partial charge in [-0.1, -0.05) is 0 Å². The van der Waals surface area contributed by atoms with Crippen LogP contribution < -0.4 is 5.32 Å². The number of benzene rings is 1. The van der Waals surface area contributed by atoms with E-state index in [2.05, 4.69) is 10.1 Å². The van der Waals surface area contributed by atoms with Gasteiger partial charge in [0.15, 0.2) is 12.4 Å². The monoisotopic (exact) mass is 331 g/mol. The van der Waals surface area contributed by atoms with Crippen LogP contribution in [0.15, 0.2) is 30.4 Å². The number of hydrogen-bond acceptors (Lipinski definition) is 6. The van der Waals surface area contributed by atoms with E-state index in [1.807, 2.05) is 0 Å². The molecule has 1 atom stereocenters. The summed E-state index contributed by atoms with van der Waals surface area (Å²) in [4.78, 5) is 46.2. The Morgan fingerprint density at radius 3 is 2.50 bits per heavy atom. The van der Waals surface area contributed by atoms with Crippen LogP contribution in [0.2, 0.25) is 0 Å². The Morgan fingerprint density at radius 2 is 1.83 bits per heavy atom. The van der Waals surface area contributed by atoms with Crippen LogP contribution in [0.5, 0.6) is 0 Å². The summed E-state index contributed by atoms with van der Waals surface area (Å²) in [6, 6.07) is 4.82. The number of rotatable bonds is 6. The minimum absolute atomic E-state index is 0.120. The molecule has 0 saturated heterocycles. The maximum absolute atomic E-state index is 12.1. The van der Waals surface area contributed by atoms with Crippen molar-refractivity contribution < 1.29 is 28.7 Å². The van der Waals surface area contributed by atoms with Crippen LogP contribution in [-0.4, -0.2) is 36.8 Å². The van der Waals surface area contributed by atoms with Gasteiger partial charge in [0.25, 0.3) is 0 Å². The van der Waals surface area contributed by atoms with Gasteiger partial charge in [0.05, 0.1) is 12.5 Å². The predicted octanol–water partition coefficient (Wildman–Crippen LogP) is 1.59. The molecule has 7 heteroatoms. The van der Waals surface area contributed by atoms with Crippen LogP contribution in [0.3, 0.4) is 0 Å². The second-order valence-electron chi connectivity index (χ2n) is 5.13. The predicted molar refractivity (Wildman–Crippen MR) is 84.5 cm³/mol. The number of carbonyl (C=O) groups excluding carboxylic acids is 4. The number of carbonyl (C=O) groups is 4. The molecule has 0 aromatic heterocycles. The van der Waals surface area contributed by atoms with Gasteiger partial charge in [-0.05, 0) is 37.6 Å². The second-order valence-corrected chi connectivity index (χ2v) is 5.13. The Morgan fingerprint density at radius 1 is 1.17 bits per heavy atom. The van der Waals surface area contributed by atoms with Crippen LogP contribution in [0, 0.1) is 0 Å². The summed E-state index contributed by atoms with van der Waals surface area (Å²) in [6.07, 6.45) is 1.84. The molecule has 0 bridgehead atoms. The highest BCUT2D eigenvalue weighted by Crippen LogP contribution is 2.32. The summed E-state index contributed by atoms with van der Waals surface area (Å²) in [5.41, 5.74) is 1.76. The van der Waals surface area contributed by atoms with E-state index in [9.17, 15) is 19.2 Å². The van der Waals surface area contributed by atoms with Gasteiger partial charge in [-0.2, -0.15) is 0 Å². The van der Waals surface area contributed by atoms with Crippen molar-refractivity contribution in [3.8, 4) is 0 Å². The van der Waals surface area contributed by atoms with Crippen molar-refractivity contribution in [2.24, 2.45) is 0 Å². The zero-order chi connectivity index (χ0) is 17.7. The molecule has 0 aliphatic carbocycles. The molecule has 1 aliphatic heterocycles. The van der Waals surface area contributed by atoms with Gasteiger partial charge in [-0.3, -0.25) is 9.59 Å². The van der Waals surface area contributed by atoms with Gasteiger partial charge in [0.2, 0.25) is 5.91 Å². The van der Waals surface area contributed by atoms with Gasteiger partial charge < -0.3 is 14.8 Å². The first kappa shape index (κ1) is 17.4. The van der Waals surface area contributed by atoms with Crippen LogP contribution in [-0.2, 0) is 23.9 Å². The number of ether oxygens (including phenoxy) is 2. The largest absolute Gasteiger partial charge is 0.463 e.